The van der Waals surface area contributed by atoms with E-state index in [0.29, 0.717) is 19.6 Å². The maximum Gasteiger partial charge on any atom is 0.252 e. The SMILES string of the molecule is CC(C)(CN/C=C\C(=N)[NH+]([O-])O)OCCCO. The number of hydroxylamine groups is 2. The predicted octanol–water partition coefficient (Wildman–Crippen LogP) is -0.984. The number of aliphatic hydroxyl groups is 1. The predicted molar refractivity (Wildman–Crippen MR) is 62.7 cm³/mol. The number of amidine groups is 1. The van der Waals surface area contributed by atoms with Crippen LogP contribution in [0.25, 0.3) is 0 Å². The summed E-state index contributed by atoms with van der Waals surface area (Å²) >= 11 is 0. The van der Waals surface area contributed by atoms with Crippen LogP contribution in [-0.4, -0.2) is 41.5 Å². The topological polar surface area (TPSA) is 113 Å². The van der Waals surface area contributed by atoms with Crippen molar-refractivity contribution in [1.29, 1.82) is 5.41 Å². The monoisotopic (exact) mass is 247 g/mol. The van der Waals surface area contributed by atoms with E-state index in [9.17, 15) is 5.21 Å². The summed E-state index contributed by atoms with van der Waals surface area (Å²) in [6.07, 6.45) is 3.17. The van der Waals surface area contributed by atoms with E-state index < -0.39 is 16.7 Å². The molecule has 0 rings (SSSR count). The summed E-state index contributed by atoms with van der Waals surface area (Å²) in [6, 6.07) is 0. The number of hydrogen-bond donors (Lipinski definition) is 5. The van der Waals surface area contributed by atoms with E-state index in [1.54, 1.807) is 0 Å². The molecule has 7 nitrogen and oxygen atoms in total. The number of rotatable bonds is 8. The van der Waals surface area contributed by atoms with Gasteiger partial charge in [0.1, 0.15) is 0 Å². The standard InChI is InChI=1S/C10H21N3O4/c1-10(2,17-7-3-6-14)8-12-5-4-9(11)13(15)16/h4-5,11-15H,3,6-8H2,1-2H3/b5-4-,11-9?. The Hall–Kier alpha value is -0.990. The van der Waals surface area contributed by atoms with Gasteiger partial charge in [-0.25, -0.2) is 10.6 Å². The largest absolute Gasteiger partial charge is 0.594 e. The molecule has 100 valence electrons. The van der Waals surface area contributed by atoms with Crippen LogP contribution < -0.4 is 10.5 Å². The Labute approximate surface area is 101 Å². The Kier molecular flexibility index (Phi) is 7.68. The van der Waals surface area contributed by atoms with Crippen LogP contribution in [0.15, 0.2) is 12.3 Å². The van der Waals surface area contributed by atoms with E-state index in [4.69, 9.17) is 20.5 Å². The van der Waals surface area contributed by atoms with E-state index in [1.807, 2.05) is 13.8 Å². The lowest BCUT2D eigenvalue weighted by molar-refractivity contribution is -0.968. The molecule has 0 aliphatic carbocycles. The molecule has 0 aliphatic rings. The van der Waals surface area contributed by atoms with Gasteiger partial charge in [0.15, 0.2) is 0 Å². The maximum absolute atomic E-state index is 10.3. The van der Waals surface area contributed by atoms with E-state index in [-0.39, 0.29) is 6.61 Å². The molecule has 0 aliphatic heterocycles. The fraction of sp³-hybridized carbons (Fsp3) is 0.700. The molecular weight excluding hydrogens is 226 g/mol. The molecule has 17 heavy (non-hydrogen) atoms. The third-order valence-electron chi connectivity index (χ3n) is 1.92. The Balaban J connectivity index is 3.82. The minimum Gasteiger partial charge on any atom is -0.594 e. The van der Waals surface area contributed by atoms with Crippen molar-refractivity contribution in [3.8, 4) is 0 Å². The van der Waals surface area contributed by atoms with Crippen molar-refractivity contribution in [3.63, 3.8) is 0 Å². The van der Waals surface area contributed by atoms with Gasteiger partial charge in [-0.2, -0.15) is 5.23 Å². The molecule has 0 saturated carbocycles. The smallest absolute Gasteiger partial charge is 0.252 e. The summed E-state index contributed by atoms with van der Waals surface area (Å²) in [5, 5.41) is 36.0. The minimum absolute atomic E-state index is 0.0964. The third kappa shape index (κ3) is 8.78. The van der Waals surface area contributed by atoms with Crippen LogP contribution in [0.1, 0.15) is 20.3 Å². The number of hydrogen-bond acceptors (Lipinski definition) is 6. The first kappa shape index (κ1) is 16.0. The second-order valence-electron chi connectivity index (χ2n) is 4.12. The number of quaternary nitrogens is 1. The first-order valence-electron chi connectivity index (χ1n) is 5.35. The molecule has 1 atom stereocenters. The molecule has 0 radical (unpaired) electrons. The van der Waals surface area contributed by atoms with Crippen LogP contribution in [0.3, 0.4) is 0 Å². The molecule has 1 unspecified atom stereocenters. The summed E-state index contributed by atoms with van der Waals surface area (Å²) < 4.78 is 5.50. The quantitative estimate of drug-likeness (QED) is 0.164. The average Bonchev–Trinajstić information content (AvgIpc) is 2.24. The Morgan fingerprint density at radius 2 is 2.24 bits per heavy atom. The summed E-state index contributed by atoms with van der Waals surface area (Å²) in [4.78, 5) is 0. The summed E-state index contributed by atoms with van der Waals surface area (Å²) in [5.41, 5.74) is -0.412. The van der Waals surface area contributed by atoms with Gasteiger partial charge in [0.2, 0.25) is 0 Å². The highest BCUT2D eigenvalue weighted by Crippen LogP contribution is 2.07. The van der Waals surface area contributed by atoms with Crippen molar-refractivity contribution in [3.05, 3.63) is 17.5 Å². The molecule has 0 fully saturated rings. The second-order valence-corrected chi connectivity index (χ2v) is 4.12. The van der Waals surface area contributed by atoms with Crippen LogP contribution >= 0.6 is 0 Å². The highest BCUT2D eigenvalue weighted by atomic mass is 16.8. The van der Waals surface area contributed by atoms with Crippen LogP contribution in [0, 0.1) is 10.6 Å². The highest BCUT2D eigenvalue weighted by molar-refractivity contribution is 5.81. The number of nitrogens with one attached hydrogen (secondary N) is 3. The summed E-state index contributed by atoms with van der Waals surface area (Å²) in [5.74, 6) is -0.475. The second kappa shape index (κ2) is 8.15. The molecule has 0 aromatic rings. The van der Waals surface area contributed by atoms with Crippen LogP contribution in [0.5, 0.6) is 0 Å². The lowest BCUT2D eigenvalue weighted by Crippen LogP contribution is -3.07. The summed E-state index contributed by atoms with van der Waals surface area (Å²) in [6.45, 7) is 4.82. The van der Waals surface area contributed by atoms with Crippen molar-refractivity contribution in [2.45, 2.75) is 25.9 Å². The molecule has 0 aromatic heterocycles. The van der Waals surface area contributed by atoms with Gasteiger partial charge in [-0.05, 0) is 20.3 Å². The van der Waals surface area contributed by atoms with Gasteiger partial charge in [0.05, 0.1) is 5.60 Å². The lowest BCUT2D eigenvalue weighted by atomic mass is 10.1. The Morgan fingerprint density at radius 1 is 1.59 bits per heavy atom. The van der Waals surface area contributed by atoms with Gasteiger partial charge in [-0.1, -0.05) is 0 Å². The number of ether oxygens (including phenoxy) is 1. The van der Waals surface area contributed by atoms with Gasteiger partial charge in [0.25, 0.3) is 5.84 Å². The summed E-state index contributed by atoms with van der Waals surface area (Å²) in [7, 11) is 0. The van der Waals surface area contributed by atoms with E-state index in [1.165, 1.54) is 12.3 Å². The average molecular weight is 247 g/mol. The van der Waals surface area contributed by atoms with E-state index in [0.717, 1.165) is 0 Å². The zero-order chi connectivity index (χ0) is 13.3. The van der Waals surface area contributed by atoms with Crippen LogP contribution in [-0.2, 0) is 4.74 Å². The fourth-order valence-corrected chi connectivity index (χ4v) is 0.982. The fourth-order valence-electron chi connectivity index (χ4n) is 0.982. The maximum atomic E-state index is 10.3. The molecule has 0 amide bonds. The first-order chi connectivity index (χ1) is 7.89. The lowest BCUT2D eigenvalue weighted by Gasteiger charge is -2.25. The normalized spacial score (nSPS) is 13.9. The zero-order valence-corrected chi connectivity index (χ0v) is 10.2. The highest BCUT2D eigenvalue weighted by Gasteiger charge is 2.16. The molecule has 0 heterocycles. The zero-order valence-electron chi connectivity index (χ0n) is 10.2. The molecule has 0 saturated heterocycles. The molecule has 0 aromatic carbocycles. The van der Waals surface area contributed by atoms with Crippen molar-refractivity contribution >= 4 is 5.84 Å². The minimum atomic E-state index is -1.26. The van der Waals surface area contributed by atoms with E-state index >= 15 is 0 Å². The molecule has 0 spiro atoms. The van der Waals surface area contributed by atoms with Crippen molar-refractivity contribution in [1.82, 2.24) is 5.32 Å². The Bertz CT molecular complexity index is 254. The van der Waals surface area contributed by atoms with Gasteiger partial charge < -0.3 is 20.4 Å². The van der Waals surface area contributed by atoms with Crippen molar-refractivity contribution in [2.24, 2.45) is 0 Å². The van der Waals surface area contributed by atoms with Crippen LogP contribution in [0.4, 0.5) is 0 Å². The van der Waals surface area contributed by atoms with Gasteiger partial charge in [0, 0.05) is 32.0 Å². The van der Waals surface area contributed by atoms with Crippen LogP contribution in [0.2, 0.25) is 0 Å². The van der Waals surface area contributed by atoms with Gasteiger partial charge in [-0.15, -0.1) is 0 Å². The van der Waals surface area contributed by atoms with Crippen molar-refractivity contribution < 1.29 is 20.3 Å². The Morgan fingerprint density at radius 3 is 2.76 bits per heavy atom. The van der Waals surface area contributed by atoms with Gasteiger partial charge >= 0.3 is 0 Å². The van der Waals surface area contributed by atoms with Gasteiger partial charge in [-0.3, -0.25) is 0 Å². The first-order valence-corrected chi connectivity index (χ1v) is 5.35. The number of aliphatic hydroxyl groups excluding tert-OH is 1. The molecule has 5 N–H and O–H groups in total. The molecule has 0 bridgehead atoms. The molecular formula is C10H21N3O4. The molecule has 7 heteroatoms. The third-order valence-corrected chi connectivity index (χ3v) is 1.92. The van der Waals surface area contributed by atoms with E-state index in [2.05, 4.69) is 5.32 Å². The van der Waals surface area contributed by atoms with Crippen molar-refractivity contribution in [2.75, 3.05) is 19.8 Å².